The summed E-state index contributed by atoms with van der Waals surface area (Å²) >= 11 is 0. The highest BCUT2D eigenvalue weighted by Crippen LogP contribution is 2.10. The van der Waals surface area contributed by atoms with E-state index in [9.17, 15) is 9.18 Å². The van der Waals surface area contributed by atoms with E-state index in [1.54, 1.807) is 36.4 Å². The number of hydrogen-bond donors (Lipinski definition) is 2. The van der Waals surface area contributed by atoms with E-state index < -0.39 is 0 Å². The van der Waals surface area contributed by atoms with Gasteiger partial charge >= 0.3 is 0 Å². The van der Waals surface area contributed by atoms with Gasteiger partial charge in [-0.3, -0.25) is 4.79 Å². The lowest BCUT2D eigenvalue weighted by Gasteiger charge is -2.05. The quantitative estimate of drug-likeness (QED) is 0.849. The first-order chi connectivity index (χ1) is 10.2. The molecule has 0 fully saturated rings. The van der Waals surface area contributed by atoms with Crippen molar-refractivity contribution >= 4 is 11.6 Å². The Morgan fingerprint density at radius 1 is 1.19 bits per heavy atom. The van der Waals surface area contributed by atoms with Crippen molar-refractivity contribution in [3.8, 4) is 11.8 Å². The molecule has 1 amide bonds. The van der Waals surface area contributed by atoms with Crippen LogP contribution in [0.2, 0.25) is 0 Å². The molecule has 3 nitrogen and oxygen atoms in total. The number of amides is 1. The number of carbonyl (C=O) groups excluding carboxylic acids is 1. The van der Waals surface area contributed by atoms with Crippen LogP contribution in [0.25, 0.3) is 0 Å². The lowest BCUT2D eigenvalue weighted by molar-refractivity contribution is -0.115. The summed E-state index contributed by atoms with van der Waals surface area (Å²) in [4.78, 5) is 11.9. The molecule has 0 aliphatic heterocycles. The third kappa shape index (κ3) is 4.75. The Bertz CT molecular complexity index is 684. The van der Waals surface area contributed by atoms with E-state index in [2.05, 4.69) is 17.2 Å². The molecule has 0 saturated heterocycles. The molecule has 0 radical (unpaired) electrons. The van der Waals surface area contributed by atoms with Gasteiger partial charge in [-0.25, -0.2) is 4.39 Å². The summed E-state index contributed by atoms with van der Waals surface area (Å²) in [5, 5.41) is 2.76. The fourth-order valence-corrected chi connectivity index (χ4v) is 1.83. The van der Waals surface area contributed by atoms with Crippen molar-refractivity contribution in [2.45, 2.75) is 6.42 Å². The number of benzene rings is 2. The Labute approximate surface area is 123 Å². The van der Waals surface area contributed by atoms with E-state index in [0.717, 1.165) is 5.56 Å². The van der Waals surface area contributed by atoms with E-state index in [1.807, 2.05) is 0 Å². The number of halogens is 1. The highest BCUT2D eigenvalue weighted by molar-refractivity contribution is 5.92. The molecule has 0 bridgehead atoms. The van der Waals surface area contributed by atoms with Crippen molar-refractivity contribution < 1.29 is 9.18 Å². The predicted molar refractivity (Wildman–Crippen MR) is 81.1 cm³/mol. The molecule has 0 heterocycles. The minimum absolute atomic E-state index is 0.131. The van der Waals surface area contributed by atoms with Crippen LogP contribution in [-0.4, -0.2) is 12.5 Å². The molecule has 106 valence electrons. The van der Waals surface area contributed by atoms with Gasteiger partial charge in [-0.1, -0.05) is 24.0 Å². The molecular formula is C17H15FN2O. The smallest absolute Gasteiger partial charge is 0.228 e. The van der Waals surface area contributed by atoms with E-state index in [-0.39, 0.29) is 18.1 Å². The van der Waals surface area contributed by atoms with Gasteiger partial charge in [-0.05, 0) is 42.0 Å². The first kappa shape index (κ1) is 14.8. The summed E-state index contributed by atoms with van der Waals surface area (Å²) in [6.45, 7) is 0.312. The van der Waals surface area contributed by atoms with Crippen LogP contribution in [-0.2, 0) is 11.2 Å². The average molecular weight is 282 g/mol. The van der Waals surface area contributed by atoms with Gasteiger partial charge in [0.05, 0.1) is 13.0 Å². The maximum absolute atomic E-state index is 13.0. The normalized spacial score (nSPS) is 9.62. The number of nitrogens with one attached hydrogen (secondary N) is 1. The topological polar surface area (TPSA) is 55.1 Å². The number of nitrogens with two attached hydrogens (primary N) is 1. The molecule has 4 heteroatoms. The molecule has 0 saturated carbocycles. The van der Waals surface area contributed by atoms with Crippen LogP contribution in [0.4, 0.5) is 10.1 Å². The maximum atomic E-state index is 13.0. The van der Waals surface area contributed by atoms with Gasteiger partial charge in [0.25, 0.3) is 0 Å². The Balaban J connectivity index is 1.96. The third-order valence-electron chi connectivity index (χ3n) is 2.76. The summed E-state index contributed by atoms with van der Waals surface area (Å²) < 4.78 is 13.0. The summed E-state index contributed by atoms with van der Waals surface area (Å²) in [5.41, 5.74) is 7.45. The van der Waals surface area contributed by atoms with Crippen molar-refractivity contribution in [1.29, 1.82) is 0 Å². The Morgan fingerprint density at radius 2 is 1.95 bits per heavy atom. The number of carbonyl (C=O) groups is 1. The largest absolute Gasteiger partial charge is 0.326 e. The van der Waals surface area contributed by atoms with Crippen LogP contribution in [0.5, 0.6) is 0 Å². The van der Waals surface area contributed by atoms with Crippen LogP contribution in [0.1, 0.15) is 11.1 Å². The molecule has 0 spiro atoms. The maximum Gasteiger partial charge on any atom is 0.228 e. The molecular weight excluding hydrogens is 267 g/mol. The lowest BCUT2D eigenvalue weighted by Crippen LogP contribution is -2.14. The second-order valence-corrected chi connectivity index (χ2v) is 4.44. The molecule has 0 atom stereocenters. The highest BCUT2D eigenvalue weighted by Gasteiger charge is 2.04. The van der Waals surface area contributed by atoms with E-state index in [4.69, 9.17) is 5.73 Å². The van der Waals surface area contributed by atoms with Gasteiger partial charge in [0, 0.05) is 11.3 Å². The van der Waals surface area contributed by atoms with Gasteiger partial charge in [-0.2, -0.15) is 0 Å². The fraction of sp³-hybridized carbons (Fsp3) is 0.118. The summed E-state index contributed by atoms with van der Waals surface area (Å²) in [6.07, 6.45) is 0.131. The third-order valence-corrected chi connectivity index (χ3v) is 2.76. The van der Waals surface area contributed by atoms with Gasteiger partial charge < -0.3 is 11.1 Å². The van der Waals surface area contributed by atoms with Gasteiger partial charge in [-0.15, -0.1) is 0 Å². The van der Waals surface area contributed by atoms with Crippen molar-refractivity contribution in [3.05, 3.63) is 65.5 Å². The highest BCUT2D eigenvalue weighted by atomic mass is 19.1. The zero-order valence-electron chi connectivity index (χ0n) is 11.4. The minimum atomic E-state index is -0.344. The predicted octanol–water partition coefficient (Wildman–Crippen LogP) is 2.32. The molecule has 0 aliphatic rings. The number of rotatable bonds is 3. The molecule has 2 aromatic carbocycles. The van der Waals surface area contributed by atoms with Crippen molar-refractivity contribution in [3.63, 3.8) is 0 Å². The van der Waals surface area contributed by atoms with E-state index in [0.29, 0.717) is 17.8 Å². The molecule has 2 rings (SSSR count). The van der Waals surface area contributed by atoms with Crippen LogP contribution < -0.4 is 11.1 Å². The minimum Gasteiger partial charge on any atom is -0.326 e. The Hall–Kier alpha value is -2.64. The van der Waals surface area contributed by atoms with Gasteiger partial charge in [0.15, 0.2) is 0 Å². The molecule has 0 aliphatic carbocycles. The average Bonchev–Trinajstić information content (AvgIpc) is 2.46. The van der Waals surface area contributed by atoms with Crippen LogP contribution in [0.3, 0.4) is 0 Å². The van der Waals surface area contributed by atoms with Crippen LogP contribution in [0, 0.1) is 17.7 Å². The lowest BCUT2D eigenvalue weighted by atomic mass is 10.1. The van der Waals surface area contributed by atoms with Crippen molar-refractivity contribution in [1.82, 2.24) is 0 Å². The molecule has 21 heavy (non-hydrogen) atoms. The monoisotopic (exact) mass is 282 g/mol. The van der Waals surface area contributed by atoms with Gasteiger partial charge in [0.1, 0.15) is 5.82 Å². The molecule has 0 aromatic heterocycles. The SMILES string of the molecule is NCC#Cc1ccc(NC(=O)Cc2cccc(F)c2)cc1. The van der Waals surface area contributed by atoms with Crippen LogP contribution >= 0.6 is 0 Å². The first-order valence-corrected chi connectivity index (χ1v) is 6.50. The van der Waals surface area contributed by atoms with Crippen molar-refractivity contribution in [2.75, 3.05) is 11.9 Å². The van der Waals surface area contributed by atoms with Gasteiger partial charge in [0.2, 0.25) is 5.91 Å². The Morgan fingerprint density at radius 3 is 2.62 bits per heavy atom. The molecule has 2 aromatic rings. The second-order valence-electron chi connectivity index (χ2n) is 4.44. The van der Waals surface area contributed by atoms with Crippen molar-refractivity contribution in [2.24, 2.45) is 5.73 Å². The zero-order chi connectivity index (χ0) is 15.1. The summed E-state index contributed by atoms with van der Waals surface area (Å²) in [7, 11) is 0. The number of hydrogen-bond acceptors (Lipinski definition) is 2. The molecule has 0 unspecified atom stereocenters. The van der Waals surface area contributed by atoms with Crippen LogP contribution in [0.15, 0.2) is 48.5 Å². The standard InChI is InChI=1S/C17H15FN2O/c18-15-5-1-3-14(11-15)12-17(21)20-16-8-6-13(7-9-16)4-2-10-19/h1,3,5-9,11H,10,12,19H2,(H,20,21). The van der Waals surface area contributed by atoms with E-state index >= 15 is 0 Å². The Kier molecular flexibility index (Phi) is 5.08. The fourth-order valence-electron chi connectivity index (χ4n) is 1.83. The zero-order valence-corrected chi connectivity index (χ0v) is 11.4. The van der Waals surface area contributed by atoms with E-state index in [1.165, 1.54) is 12.1 Å². The first-order valence-electron chi connectivity index (χ1n) is 6.50. The molecule has 3 N–H and O–H groups in total. The number of anilines is 1. The summed E-state index contributed by atoms with van der Waals surface area (Å²) in [6, 6.07) is 13.2. The second kappa shape index (κ2) is 7.22. The summed E-state index contributed by atoms with van der Waals surface area (Å²) in [5.74, 6) is 5.12.